The predicted molar refractivity (Wildman–Crippen MR) is 86.3 cm³/mol. The number of hydrogen-bond acceptors (Lipinski definition) is 1. The molecular formula is C16H12Cl3NO. The fraction of sp³-hybridized carbons (Fsp3) is 0.188. The molecule has 1 fully saturated rings. The Balaban J connectivity index is 1.82. The molecule has 0 aliphatic heterocycles. The maximum atomic E-state index is 12.4. The lowest BCUT2D eigenvalue weighted by Crippen LogP contribution is -2.34. The smallest absolute Gasteiger partial charge is 0.252 e. The van der Waals surface area contributed by atoms with Crippen molar-refractivity contribution in [2.75, 3.05) is 0 Å². The van der Waals surface area contributed by atoms with E-state index in [9.17, 15) is 4.79 Å². The lowest BCUT2D eigenvalue weighted by atomic mass is 10.0. The van der Waals surface area contributed by atoms with E-state index in [0.29, 0.717) is 20.6 Å². The first kappa shape index (κ1) is 14.7. The Bertz CT molecular complexity index is 710. The Labute approximate surface area is 138 Å². The van der Waals surface area contributed by atoms with Crippen LogP contribution in [-0.4, -0.2) is 5.91 Å². The van der Waals surface area contributed by atoms with Crippen molar-refractivity contribution in [3.8, 4) is 0 Å². The second kappa shape index (κ2) is 5.53. The zero-order valence-electron chi connectivity index (χ0n) is 11.0. The lowest BCUT2D eigenvalue weighted by Gasteiger charge is -2.18. The standard InChI is InChI=1S/C16H12Cl3NO/c17-12-3-1-2-11(9-12)16(6-7-16)20-15(21)10-4-5-13(18)14(19)8-10/h1-5,8-9H,6-7H2,(H,20,21). The molecule has 21 heavy (non-hydrogen) atoms. The van der Waals surface area contributed by atoms with Gasteiger partial charge in [-0.2, -0.15) is 0 Å². The van der Waals surface area contributed by atoms with Gasteiger partial charge >= 0.3 is 0 Å². The number of rotatable bonds is 3. The normalized spacial score (nSPS) is 15.6. The molecule has 108 valence electrons. The van der Waals surface area contributed by atoms with Crippen molar-refractivity contribution in [3.05, 3.63) is 68.7 Å². The molecule has 0 heterocycles. The number of amides is 1. The van der Waals surface area contributed by atoms with Gasteiger partial charge in [-0.25, -0.2) is 0 Å². The summed E-state index contributed by atoms with van der Waals surface area (Å²) in [6.07, 6.45) is 1.81. The summed E-state index contributed by atoms with van der Waals surface area (Å²) in [6, 6.07) is 12.4. The van der Waals surface area contributed by atoms with Gasteiger partial charge in [0.05, 0.1) is 15.6 Å². The Morgan fingerprint density at radius 2 is 1.76 bits per heavy atom. The van der Waals surface area contributed by atoms with Crippen LogP contribution in [0.15, 0.2) is 42.5 Å². The molecule has 0 aromatic heterocycles. The lowest BCUT2D eigenvalue weighted by molar-refractivity contribution is 0.0931. The minimum atomic E-state index is -0.311. The summed E-state index contributed by atoms with van der Waals surface area (Å²) in [6.45, 7) is 0. The second-order valence-electron chi connectivity index (χ2n) is 5.18. The van der Waals surface area contributed by atoms with Gasteiger partial charge in [-0.3, -0.25) is 4.79 Å². The van der Waals surface area contributed by atoms with Crippen molar-refractivity contribution in [3.63, 3.8) is 0 Å². The SMILES string of the molecule is O=C(NC1(c2cccc(Cl)c2)CC1)c1ccc(Cl)c(Cl)c1. The Morgan fingerprint density at radius 1 is 1.00 bits per heavy atom. The number of hydrogen-bond donors (Lipinski definition) is 1. The summed E-state index contributed by atoms with van der Waals surface area (Å²) >= 11 is 17.8. The van der Waals surface area contributed by atoms with Gasteiger partial charge in [-0.05, 0) is 48.7 Å². The van der Waals surface area contributed by atoms with Crippen molar-refractivity contribution >= 4 is 40.7 Å². The van der Waals surface area contributed by atoms with E-state index >= 15 is 0 Å². The molecule has 3 rings (SSSR count). The zero-order chi connectivity index (χ0) is 15.0. The van der Waals surface area contributed by atoms with E-state index in [1.807, 2.05) is 24.3 Å². The van der Waals surface area contributed by atoms with Gasteiger partial charge in [0.25, 0.3) is 5.91 Å². The highest BCUT2D eigenvalue weighted by atomic mass is 35.5. The molecule has 1 aliphatic rings. The first-order valence-electron chi connectivity index (χ1n) is 6.54. The van der Waals surface area contributed by atoms with Crippen LogP contribution in [0.5, 0.6) is 0 Å². The van der Waals surface area contributed by atoms with Gasteiger partial charge in [0.15, 0.2) is 0 Å². The third-order valence-electron chi connectivity index (χ3n) is 3.66. The molecule has 0 atom stereocenters. The molecule has 2 nitrogen and oxygen atoms in total. The largest absolute Gasteiger partial charge is 0.343 e. The fourth-order valence-electron chi connectivity index (χ4n) is 2.32. The van der Waals surface area contributed by atoms with Crippen molar-refractivity contribution in [1.29, 1.82) is 0 Å². The van der Waals surface area contributed by atoms with Crippen molar-refractivity contribution in [2.24, 2.45) is 0 Å². The molecule has 1 saturated carbocycles. The summed E-state index contributed by atoms with van der Waals surface area (Å²) in [7, 11) is 0. The summed E-state index contributed by atoms with van der Waals surface area (Å²) < 4.78 is 0. The van der Waals surface area contributed by atoms with E-state index in [0.717, 1.165) is 18.4 Å². The highest BCUT2D eigenvalue weighted by Crippen LogP contribution is 2.46. The molecule has 2 aromatic rings. The molecule has 0 unspecified atom stereocenters. The van der Waals surface area contributed by atoms with Crippen LogP contribution in [0.2, 0.25) is 15.1 Å². The van der Waals surface area contributed by atoms with Crippen LogP contribution in [-0.2, 0) is 5.54 Å². The van der Waals surface area contributed by atoms with E-state index < -0.39 is 0 Å². The van der Waals surface area contributed by atoms with Crippen LogP contribution in [0.4, 0.5) is 0 Å². The summed E-state index contributed by atoms with van der Waals surface area (Å²) in [4.78, 5) is 12.4. The third-order valence-corrected chi connectivity index (χ3v) is 4.64. The number of nitrogens with one attached hydrogen (secondary N) is 1. The Morgan fingerprint density at radius 3 is 2.38 bits per heavy atom. The average Bonchev–Trinajstić information content (AvgIpc) is 3.23. The van der Waals surface area contributed by atoms with Crippen molar-refractivity contribution in [1.82, 2.24) is 5.32 Å². The van der Waals surface area contributed by atoms with Gasteiger partial charge < -0.3 is 5.32 Å². The van der Waals surface area contributed by atoms with Gasteiger partial charge in [0.1, 0.15) is 0 Å². The molecule has 0 saturated heterocycles. The molecule has 5 heteroatoms. The quantitative estimate of drug-likeness (QED) is 0.830. The highest BCUT2D eigenvalue weighted by Gasteiger charge is 2.45. The molecule has 1 N–H and O–H groups in total. The van der Waals surface area contributed by atoms with Gasteiger partial charge in [0.2, 0.25) is 0 Å². The van der Waals surface area contributed by atoms with Gasteiger partial charge in [0, 0.05) is 10.6 Å². The summed E-state index contributed by atoms with van der Waals surface area (Å²) in [5, 5.41) is 4.55. The van der Waals surface area contributed by atoms with E-state index in [1.165, 1.54) is 0 Å². The maximum absolute atomic E-state index is 12.4. The van der Waals surface area contributed by atoms with Gasteiger partial charge in [-0.15, -0.1) is 0 Å². The van der Waals surface area contributed by atoms with Crippen LogP contribution >= 0.6 is 34.8 Å². The zero-order valence-corrected chi connectivity index (χ0v) is 13.3. The molecule has 2 aromatic carbocycles. The minimum Gasteiger partial charge on any atom is -0.343 e. The maximum Gasteiger partial charge on any atom is 0.252 e. The number of carbonyl (C=O) groups excluding carboxylic acids is 1. The molecule has 1 amide bonds. The monoisotopic (exact) mass is 339 g/mol. The highest BCUT2D eigenvalue weighted by molar-refractivity contribution is 6.42. The molecule has 0 spiro atoms. The van der Waals surface area contributed by atoms with E-state index in [2.05, 4.69) is 5.32 Å². The number of halogens is 3. The van der Waals surface area contributed by atoms with Crippen LogP contribution in [0.1, 0.15) is 28.8 Å². The molecule has 0 bridgehead atoms. The Hall–Kier alpha value is -1.22. The number of carbonyl (C=O) groups is 1. The summed E-state index contributed by atoms with van der Waals surface area (Å²) in [5.74, 6) is -0.161. The Kier molecular flexibility index (Phi) is 3.87. The second-order valence-corrected chi connectivity index (χ2v) is 6.43. The first-order valence-corrected chi connectivity index (χ1v) is 7.67. The van der Waals surface area contributed by atoms with Crippen molar-refractivity contribution < 1.29 is 4.79 Å². The van der Waals surface area contributed by atoms with Crippen molar-refractivity contribution in [2.45, 2.75) is 18.4 Å². The minimum absolute atomic E-state index is 0.161. The van der Waals surface area contributed by atoms with E-state index in [4.69, 9.17) is 34.8 Å². The van der Waals surface area contributed by atoms with Gasteiger partial charge in [-0.1, -0.05) is 46.9 Å². The number of benzene rings is 2. The predicted octanol–water partition coefficient (Wildman–Crippen LogP) is 5.07. The van der Waals surface area contributed by atoms with Crippen LogP contribution in [0, 0.1) is 0 Å². The van der Waals surface area contributed by atoms with E-state index in [1.54, 1.807) is 18.2 Å². The van der Waals surface area contributed by atoms with Crippen LogP contribution in [0.3, 0.4) is 0 Å². The molecule has 1 aliphatic carbocycles. The topological polar surface area (TPSA) is 29.1 Å². The first-order chi connectivity index (χ1) is 10.00. The van der Waals surface area contributed by atoms with Crippen LogP contribution in [0.25, 0.3) is 0 Å². The summed E-state index contributed by atoms with van der Waals surface area (Å²) in [5.41, 5.74) is 1.22. The fourth-order valence-corrected chi connectivity index (χ4v) is 2.81. The molecule has 0 radical (unpaired) electrons. The molecular weight excluding hydrogens is 329 g/mol. The third kappa shape index (κ3) is 3.03. The average molecular weight is 341 g/mol. The van der Waals surface area contributed by atoms with E-state index in [-0.39, 0.29) is 11.4 Å². The van der Waals surface area contributed by atoms with Crippen LogP contribution < -0.4 is 5.32 Å².